The fourth-order valence-corrected chi connectivity index (χ4v) is 2.96. The topological polar surface area (TPSA) is 60.0 Å². The van der Waals surface area contributed by atoms with Crippen LogP contribution in [0.2, 0.25) is 0 Å². The molecule has 0 atom stereocenters. The standard InChI is InChI=1S/C11H21N5S/c1-15-10(9-12)13-14-11(15)17-8-4-7-16-5-2-3-6-16/h2-9,12H2,1H3. The first-order valence-corrected chi connectivity index (χ1v) is 7.23. The van der Waals surface area contributed by atoms with E-state index in [2.05, 4.69) is 15.1 Å². The number of likely N-dealkylation sites (tertiary alicyclic amines) is 1. The van der Waals surface area contributed by atoms with Gasteiger partial charge in [0.1, 0.15) is 5.82 Å². The zero-order valence-corrected chi connectivity index (χ0v) is 11.2. The Bertz CT molecular complexity index is 346. The summed E-state index contributed by atoms with van der Waals surface area (Å²) in [5.41, 5.74) is 5.56. The van der Waals surface area contributed by atoms with Crippen molar-refractivity contribution in [3.8, 4) is 0 Å². The fraction of sp³-hybridized carbons (Fsp3) is 0.818. The molecule has 96 valence electrons. The SMILES string of the molecule is Cn1c(CN)nnc1SCCCN1CCCC1. The van der Waals surface area contributed by atoms with E-state index in [1.807, 2.05) is 11.6 Å². The quantitative estimate of drug-likeness (QED) is 0.603. The highest BCUT2D eigenvalue weighted by molar-refractivity contribution is 7.99. The lowest BCUT2D eigenvalue weighted by molar-refractivity contribution is 0.341. The van der Waals surface area contributed by atoms with Gasteiger partial charge in [0.05, 0.1) is 6.54 Å². The minimum absolute atomic E-state index is 0.456. The van der Waals surface area contributed by atoms with Gasteiger partial charge in [0.2, 0.25) is 0 Å². The first kappa shape index (κ1) is 12.9. The maximum Gasteiger partial charge on any atom is 0.190 e. The van der Waals surface area contributed by atoms with Crippen molar-refractivity contribution in [1.29, 1.82) is 0 Å². The molecule has 6 heteroatoms. The summed E-state index contributed by atoms with van der Waals surface area (Å²) in [5.74, 6) is 1.96. The maximum absolute atomic E-state index is 5.56. The van der Waals surface area contributed by atoms with Gasteiger partial charge in [-0.1, -0.05) is 11.8 Å². The Kier molecular flexibility index (Phi) is 4.82. The van der Waals surface area contributed by atoms with Crippen LogP contribution in [0.3, 0.4) is 0 Å². The second kappa shape index (κ2) is 6.37. The number of nitrogens with zero attached hydrogens (tertiary/aromatic N) is 4. The summed E-state index contributed by atoms with van der Waals surface area (Å²) >= 11 is 1.77. The van der Waals surface area contributed by atoms with E-state index >= 15 is 0 Å². The number of nitrogens with two attached hydrogens (primary N) is 1. The fourth-order valence-electron chi connectivity index (χ4n) is 2.11. The third-order valence-corrected chi connectivity index (χ3v) is 4.26. The molecule has 17 heavy (non-hydrogen) atoms. The number of hydrogen-bond donors (Lipinski definition) is 1. The third-order valence-electron chi connectivity index (χ3n) is 3.16. The molecule has 0 saturated carbocycles. The lowest BCUT2D eigenvalue weighted by atomic mass is 10.4. The summed E-state index contributed by atoms with van der Waals surface area (Å²) in [5, 5.41) is 9.16. The molecule has 0 bridgehead atoms. The summed E-state index contributed by atoms with van der Waals surface area (Å²) in [7, 11) is 1.98. The minimum atomic E-state index is 0.456. The first-order chi connectivity index (χ1) is 8.31. The lowest BCUT2D eigenvalue weighted by Crippen LogP contribution is -2.20. The van der Waals surface area contributed by atoms with E-state index in [1.165, 1.54) is 38.9 Å². The van der Waals surface area contributed by atoms with Gasteiger partial charge in [0, 0.05) is 12.8 Å². The normalized spacial score (nSPS) is 16.8. The van der Waals surface area contributed by atoms with Crippen molar-refractivity contribution in [2.24, 2.45) is 12.8 Å². The molecule has 0 radical (unpaired) electrons. The van der Waals surface area contributed by atoms with Crippen LogP contribution in [-0.4, -0.2) is 45.1 Å². The predicted molar refractivity (Wildman–Crippen MR) is 69.9 cm³/mol. The van der Waals surface area contributed by atoms with Crippen LogP contribution in [0, 0.1) is 0 Å². The van der Waals surface area contributed by atoms with Crippen molar-refractivity contribution >= 4 is 11.8 Å². The Morgan fingerprint density at radius 2 is 2.06 bits per heavy atom. The van der Waals surface area contributed by atoms with E-state index in [-0.39, 0.29) is 0 Å². The van der Waals surface area contributed by atoms with Gasteiger partial charge < -0.3 is 15.2 Å². The van der Waals surface area contributed by atoms with Crippen molar-refractivity contribution in [3.63, 3.8) is 0 Å². The molecule has 1 aliphatic heterocycles. The summed E-state index contributed by atoms with van der Waals surface area (Å²) in [4.78, 5) is 2.54. The van der Waals surface area contributed by atoms with E-state index < -0.39 is 0 Å². The largest absolute Gasteiger partial charge is 0.324 e. The molecule has 1 aromatic rings. The van der Waals surface area contributed by atoms with Crippen LogP contribution < -0.4 is 5.73 Å². The molecule has 2 rings (SSSR count). The van der Waals surface area contributed by atoms with E-state index in [0.717, 1.165) is 16.7 Å². The Labute approximate surface area is 107 Å². The van der Waals surface area contributed by atoms with E-state index in [1.54, 1.807) is 11.8 Å². The van der Waals surface area contributed by atoms with E-state index in [9.17, 15) is 0 Å². The van der Waals surface area contributed by atoms with E-state index in [4.69, 9.17) is 5.73 Å². The van der Waals surface area contributed by atoms with Gasteiger partial charge in [-0.3, -0.25) is 0 Å². The van der Waals surface area contributed by atoms with Gasteiger partial charge in [0.25, 0.3) is 0 Å². The average molecular weight is 255 g/mol. The lowest BCUT2D eigenvalue weighted by Gasteiger charge is -2.13. The van der Waals surface area contributed by atoms with Gasteiger partial charge in [-0.25, -0.2) is 0 Å². The van der Waals surface area contributed by atoms with Crippen molar-refractivity contribution in [1.82, 2.24) is 19.7 Å². The molecule has 1 aromatic heterocycles. The van der Waals surface area contributed by atoms with Crippen LogP contribution in [0.4, 0.5) is 0 Å². The molecule has 0 unspecified atom stereocenters. The molecular formula is C11H21N5S. The predicted octanol–water partition coefficient (Wildman–Crippen LogP) is 0.852. The van der Waals surface area contributed by atoms with Gasteiger partial charge in [-0.15, -0.1) is 10.2 Å². The summed E-state index contributed by atoms with van der Waals surface area (Å²) < 4.78 is 1.99. The van der Waals surface area contributed by atoms with Crippen molar-refractivity contribution in [2.75, 3.05) is 25.4 Å². The van der Waals surface area contributed by atoms with Gasteiger partial charge in [-0.2, -0.15) is 0 Å². The molecule has 2 N–H and O–H groups in total. The van der Waals surface area contributed by atoms with Crippen LogP contribution in [0.1, 0.15) is 25.1 Å². The zero-order chi connectivity index (χ0) is 12.1. The van der Waals surface area contributed by atoms with Crippen LogP contribution in [-0.2, 0) is 13.6 Å². The van der Waals surface area contributed by atoms with E-state index in [0.29, 0.717) is 6.54 Å². The van der Waals surface area contributed by atoms with Crippen LogP contribution in [0.5, 0.6) is 0 Å². The highest BCUT2D eigenvalue weighted by Crippen LogP contribution is 2.17. The van der Waals surface area contributed by atoms with Gasteiger partial charge in [0.15, 0.2) is 5.16 Å². The van der Waals surface area contributed by atoms with Crippen molar-refractivity contribution < 1.29 is 0 Å². The van der Waals surface area contributed by atoms with Crippen molar-refractivity contribution in [2.45, 2.75) is 31.0 Å². The molecule has 0 amide bonds. The second-order valence-electron chi connectivity index (χ2n) is 4.41. The molecular weight excluding hydrogens is 234 g/mol. The number of hydrogen-bond acceptors (Lipinski definition) is 5. The zero-order valence-electron chi connectivity index (χ0n) is 10.4. The molecule has 5 nitrogen and oxygen atoms in total. The van der Waals surface area contributed by atoms with Gasteiger partial charge in [-0.05, 0) is 38.9 Å². The molecule has 2 heterocycles. The molecule has 0 aromatic carbocycles. The minimum Gasteiger partial charge on any atom is -0.324 e. The number of aromatic nitrogens is 3. The second-order valence-corrected chi connectivity index (χ2v) is 5.47. The average Bonchev–Trinajstić information content (AvgIpc) is 2.95. The Morgan fingerprint density at radius 1 is 1.29 bits per heavy atom. The highest BCUT2D eigenvalue weighted by atomic mass is 32.2. The third kappa shape index (κ3) is 3.43. The van der Waals surface area contributed by atoms with Crippen LogP contribution >= 0.6 is 11.8 Å². The molecule has 1 saturated heterocycles. The van der Waals surface area contributed by atoms with Crippen LogP contribution in [0.25, 0.3) is 0 Å². The summed E-state index contributed by atoms with van der Waals surface area (Å²) in [6.07, 6.45) is 3.96. The summed E-state index contributed by atoms with van der Waals surface area (Å²) in [6.45, 7) is 4.24. The highest BCUT2D eigenvalue weighted by Gasteiger charge is 2.11. The molecule has 0 aliphatic carbocycles. The number of thioether (sulfide) groups is 1. The smallest absolute Gasteiger partial charge is 0.190 e. The maximum atomic E-state index is 5.56. The van der Waals surface area contributed by atoms with Crippen LogP contribution in [0.15, 0.2) is 5.16 Å². The monoisotopic (exact) mass is 255 g/mol. The molecule has 1 fully saturated rings. The van der Waals surface area contributed by atoms with Crippen molar-refractivity contribution in [3.05, 3.63) is 5.82 Å². The first-order valence-electron chi connectivity index (χ1n) is 6.24. The Morgan fingerprint density at radius 3 is 2.71 bits per heavy atom. The Hall–Kier alpha value is -0.590. The molecule has 0 spiro atoms. The van der Waals surface area contributed by atoms with Gasteiger partial charge >= 0.3 is 0 Å². The molecule has 1 aliphatic rings. The Balaban J connectivity index is 1.68. The summed E-state index contributed by atoms with van der Waals surface area (Å²) in [6, 6.07) is 0. The number of rotatable bonds is 6.